The van der Waals surface area contributed by atoms with Crippen LogP contribution < -0.4 is 10.6 Å². The van der Waals surface area contributed by atoms with E-state index in [4.69, 9.17) is 5.41 Å². The largest absolute Gasteiger partial charge is 0.355 e. The van der Waals surface area contributed by atoms with Crippen LogP contribution in [0, 0.1) is 34.4 Å². The van der Waals surface area contributed by atoms with Crippen LogP contribution in [0.5, 0.6) is 0 Å². The molecule has 2 aromatic rings. The molecule has 0 aliphatic heterocycles. The average molecular weight is 457 g/mol. The molecule has 3 atom stereocenters. The van der Waals surface area contributed by atoms with E-state index in [1.54, 1.807) is 18.3 Å². The average Bonchev–Trinajstić information content (AvgIpc) is 3.13. The van der Waals surface area contributed by atoms with Crippen molar-refractivity contribution in [2.24, 2.45) is 11.3 Å². The predicted octanol–water partition coefficient (Wildman–Crippen LogP) is 5.23. The van der Waals surface area contributed by atoms with Gasteiger partial charge in [0.05, 0.1) is 6.04 Å². The number of aromatic nitrogens is 1. The number of pyridine rings is 1. The first-order valence-corrected chi connectivity index (χ1v) is 11.5. The zero-order valence-corrected chi connectivity index (χ0v) is 19.5. The fourth-order valence-electron chi connectivity index (χ4n) is 5.04. The van der Waals surface area contributed by atoms with Crippen LogP contribution in [0.2, 0.25) is 0 Å². The number of allylic oxidation sites excluding steroid dienone is 3. The molecule has 1 saturated carbocycles. The third kappa shape index (κ3) is 5.26. The molecule has 5 nitrogen and oxygen atoms in total. The predicted molar refractivity (Wildman–Crippen MR) is 133 cm³/mol. The molecule has 0 bridgehead atoms. The van der Waals surface area contributed by atoms with Crippen molar-refractivity contribution in [3.05, 3.63) is 83.1 Å². The molecule has 4 rings (SSSR count). The highest BCUT2D eigenvalue weighted by Gasteiger charge is 2.45. The number of halogens is 1. The third-order valence-corrected chi connectivity index (χ3v) is 6.85. The summed E-state index contributed by atoms with van der Waals surface area (Å²) in [5.74, 6) is 6.24. The third-order valence-electron chi connectivity index (χ3n) is 6.85. The van der Waals surface area contributed by atoms with Gasteiger partial charge in [-0.3, -0.25) is 4.79 Å². The number of hydrogen-bond donors (Lipinski definition) is 3. The molecule has 2 aliphatic rings. The quantitative estimate of drug-likeness (QED) is 0.411. The van der Waals surface area contributed by atoms with Gasteiger partial charge in [0.1, 0.15) is 11.5 Å². The van der Waals surface area contributed by atoms with Gasteiger partial charge in [0.25, 0.3) is 0 Å². The summed E-state index contributed by atoms with van der Waals surface area (Å²) in [5.41, 5.74) is 4.51. The van der Waals surface area contributed by atoms with Gasteiger partial charge in [-0.2, -0.15) is 0 Å². The standard InChI is InChI=1S/C28H29FN4O/c1-19(34)32-26(13-12-24-5-3-4-14-31-24)15-21-6-7-22-16-27(20(18-30)17-28(21,22)2)33-25-10-8-23(29)9-11-25/h3-5,8-11,14,16,18,21,26,30,33H,6-7,15,17H2,1-2H3,(H,32,34)/t21-,26?,28-/m1/s1. The highest BCUT2D eigenvalue weighted by Crippen LogP contribution is 2.55. The topological polar surface area (TPSA) is 77.9 Å². The first kappa shape index (κ1) is 23.4. The Morgan fingerprint density at radius 2 is 2.12 bits per heavy atom. The minimum atomic E-state index is -0.278. The van der Waals surface area contributed by atoms with Gasteiger partial charge in [-0.1, -0.05) is 24.5 Å². The number of carbonyl (C=O) groups is 1. The number of fused-ring (bicyclic) bond motifs is 1. The molecular formula is C28H29FN4O. The molecule has 0 radical (unpaired) electrons. The Morgan fingerprint density at radius 1 is 1.32 bits per heavy atom. The number of anilines is 1. The van der Waals surface area contributed by atoms with Crippen molar-refractivity contribution in [3.8, 4) is 11.8 Å². The first-order chi connectivity index (χ1) is 16.4. The molecule has 6 heteroatoms. The molecule has 34 heavy (non-hydrogen) atoms. The van der Waals surface area contributed by atoms with E-state index < -0.39 is 0 Å². The minimum absolute atomic E-state index is 0.103. The maximum atomic E-state index is 13.3. The summed E-state index contributed by atoms with van der Waals surface area (Å²) < 4.78 is 13.3. The lowest BCUT2D eigenvalue weighted by molar-refractivity contribution is -0.119. The van der Waals surface area contributed by atoms with Crippen molar-refractivity contribution in [3.63, 3.8) is 0 Å². The number of carbonyl (C=O) groups excluding carboxylic acids is 1. The molecule has 174 valence electrons. The van der Waals surface area contributed by atoms with Crippen LogP contribution in [0.4, 0.5) is 10.1 Å². The minimum Gasteiger partial charge on any atom is -0.355 e. The van der Waals surface area contributed by atoms with Gasteiger partial charge in [0.15, 0.2) is 0 Å². The van der Waals surface area contributed by atoms with Crippen LogP contribution in [-0.4, -0.2) is 23.1 Å². The van der Waals surface area contributed by atoms with Gasteiger partial charge in [0.2, 0.25) is 5.91 Å². The monoisotopic (exact) mass is 456 g/mol. The SMILES string of the molecule is CC(=O)NC(C#Cc1ccccn1)C[C@H]1CCC2=CC(Nc3ccc(F)cc3)=C(C=N)C[C@@]21C. The van der Waals surface area contributed by atoms with Crippen molar-refractivity contribution < 1.29 is 9.18 Å². The van der Waals surface area contributed by atoms with E-state index in [-0.39, 0.29) is 23.2 Å². The lowest BCUT2D eigenvalue weighted by Crippen LogP contribution is -2.37. The molecule has 0 spiro atoms. The molecule has 1 aromatic heterocycles. The van der Waals surface area contributed by atoms with Crippen LogP contribution in [0.1, 0.15) is 45.2 Å². The Kier molecular flexibility index (Phi) is 6.93. The summed E-state index contributed by atoms with van der Waals surface area (Å²) in [7, 11) is 0. The van der Waals surface area contributed by atoms with Crippen LogP contribution in [0.3, 0.4) is 0 Å². The summed E-state index contributed by atoms with van der Waals surface area (Å²) in [5, 5.41) is 14.4. The first-order valence-electron chi connectivity index (χ1n) is 11.5. The molecule has 1 aromatic carbocycles. The number of nitrogens with zero attached hydrogens (tertiary/aromatic N) is 1. The normalized spacial score (nSPS) is 22.1. The van der Waals surface area contributed by atoms with Gasteiger partial charge in [0, 0.05) is 30.7 Å². The van der Waals surface area contributed by atoms with Gasteiger partial charge >= 0.3 is 0 Å². The second kappa shape index (κ2) is 10.0. The molecule has 0 saturated heterocycles. The second-order valence-electron chi connectivity index (χ2n) is 9.19. The fourth-order valence-corrected chi connectivity index (χ4v) is 5.04. The van der Waals surface area contributed by atoms with E-state index in [0.29, 0.717) is 11.6 Å². The lowest BCUT2D eigenvalue weighted by atomic mass is 9.68. The van der Waals surface area contributed by atoms with Crippen molar-refractivity contribution >= 4 is 17.8 Å². The zero-order valence-electron chi connectivity index (χ0n) is 19.5. The van der Waals surface area contributed by atoms with E-state index >= 15 is 0 Å². The Labute approximate surface area is 200 Å². The molecule has 1 heterocycles. The van der Waals surface area contributed by atoms with Gasteiger partial charge < -0.3 is 16.0 Å². The van der Waals surface area contributed by atoms with Crippen LogP contribution in [0.15, 0.2) is 71.6 Å². The van der Waals surface area contributed by atoms with Crippen molar-refractivity contribution in [2.45, 2.75) is 45.6 Å². The molecule has 2 aliphatic carbocycles. The van der Waals surface area contributed by atoms with Gasteiger partial charge in [-0.05, 0) is 91.0 Å². The Morgan fingerprint density at radius 3 is 2.79 bits per heavy atom. The Hall–Kier alpha value is -3.72. The van der Waals surface area contributed by atoms with E-state index in [0.717, 1.165) is 42.6 Å². The number of nitrogens with one attached hydrogen (secondary N) is 3. The van der Waals surface area contributed by atoms with Gasteiger partial charge in [-0.15, -0.1) is 0 Å². The van der Waals surface area contributed by atoms with Crippen LogP contribution in [-0.2, 0) is 4.79 Å². The Balaban J connectivity index is 1.54. The molecule has 1 unspecified atom stereocenters. The Bertz CT molecular complexity index is 1190. The van der Waals surface area contributed by atoms with Crippen LogP contribution >= 0.6 is 0 Å². The second-order valence-corrected chi connectivity index (χ2v) is 9.19. The molecule has 3 N–H and O–H groups in total. The molecular weight excluding hydrogens is 427 g/mol. The van der Waals surface area contributed by atoms with Crippen LogP contribution in [0.25, 0.3) is 0 Å². The summed E-state index contributed by atoms with van der Waals surface area (Å²) in [6, 6.07) is 11.6. The lowest BCUT2D eigenvalue weighted by Gasteiger charge is -2.38. The fraction of sp³-hybridized carbons (Fsp3) is 0.321. The van der Waals surface area contributed by atoms with Crippen molar-refractivity contribution in [1.29, 1.82) is 5.41 Å². The number of amides is 1. The van der Waals surface area contributed by atoms with Gasteiger partial charge in [-0.25, -0.2) is 9.37 Å². The molecule has 1 fully saturated rings. The number of hydrogen-bond acceptors (Lipinski definition) is 4. The summed E-state index contributed by atoms with van der Waals surface area (Å²) in [4.78, 5) is 16.1. The van der Waals surface area contributed by atoms with E-state index in [1.165, 1.54) is 30.8 Å². The molecule has 1 amide bonds. The maximum Gasteiger partial charge on any atom is 0.217 e. The highest BCUT2D eigenvalue weighted by atomic mass is 19.1. The van der Waals surface area contributed by atoms with Crippen molar-refractivity contribution in [2.75, 3.05) is 5.32 Å². The summed E-state index contributed by atoms with van der Waals surface area (Å²) in [6.45, 7) is 3.77. The summed E-state index contributed by atoms with van der Waals surface area (Å²) >= 11 is 0. The van der Waals surface area contributed by atoms with Crippen molar-refractivity contribution in [1.82, 2.24) is 10.3 Å². The highest BCUT2D eigenvalue weighted by molar-refractivity contribution is 5.81. The number of benzene rings is 1. The number of rotatable bonds is 6. The maximum absolute atomic E-state index is 13.3. The summed E-state index contributed by atoms with van der Waals surface area (Å²) in [6.07, 6.45) is 8.69. The smallest absolute Gasteiger partial charge is 0.217 e. The van der Waals surface area contributed by atoms with E-state index in [9.17, 15) is 9.18 Å². The van der Waals surface area contributed by atoms with E-state index in [2.05, 4.69) is 40.5 Å². The zero-order chi connectivity index (χ0) is 24.1. The van der Waals surface area contributed by atoms with E-state index in [1.807, 2.05) is 18.2 Å².